The predicted molar refractivity (Wildman–Crippen MR) is 102 cm³/mol. The summed E-state index contributed by atoms with van der Waals surface area (Å²) in [6, 6.07) is 22.0. The minimum Gasteiger partial charge on any atom is -0.493 e. The lowest BCUT2D eigenvalue weighted by Crippen LogP contribution is -1.97. The summed E-state index contributed by atoms with van der Waals surface area (Å²) in [5.41, 5.74) is 2.12. The number of nitrogens with one attached hydrogen (secondary N) is 1. The molecule has 4 aromatic rings. The first-order valence-corrected chi connectivity index (χ1v) is 8.93. The number of hydrogen-bond acceptors (Lipinski definition) is 2. The van der Waals surface area contributed by atoms with Crippen LogP contribution in [0.5, 0.6) is 17.2 Å². The highest BCUT2D eigenvalue weighted by Crippen LogP contribution is 2.32. The lowest BCUT2D eigenvalue weighted by molar-refractivity contribution is 0.345. The van der Waals surface area contributed by atoms with Crippen LogP contribution in [-0.4, -0.2) is 16.9 Å². The van der Waals surface area contributed by atoms with Crippen LogP contribution < -0.4 is 9.47 Å². The minimum absolute atomic E-state index is 0.654. The molecule has 24 heavy (non-hydrogen) atoms. The van der Waals surface area contributed by atoms with E-state index in [2.05, 4.69) is 33.0 Å². The van der Waals surface area contributed by atoms with Gasteiger partial charge in [0.15, 0.2) is 0 Å². The van der Waals surface area contributed by atoms with Crippen molar-refractivity contribution in [3.63, 3.8) is 0 Å². The molecule has 0 bridgehead atoms. The van der Waals surface area contributed by atoms with Crippen molar-refractivity contribution >= 4 is 37.7 Å². The van der Waals surface area contributed by atoms with Gasteiger partial charge >= 0.3 is 0 Å². The number of alkyl halides is 1. The third kappa shape index (κ3) is 2.97. The van der Waals surface area contributed by atoms with E-state index in [-0.39, 0.29) is 0 Å². The number of fused-ring (bicyclic) bond motifs is 3. The summed E-state index contributed by atoms with van der Waals surface area (Å²) in [4.78, 5) is 3.45. The third-order valence-corrected chi connectivity index (χ3v) is 4.19. The number of H-pyrrole nitrogens is 1. The molecule has 1 aromatic heterocycles. The molecule has 0 unspecified atom stereocenters. The molecule has 120 valence electrons. The smallest absolute Gasteiger partial charge is 0.129 e. The Balaban J connectivity index is 1.70. The van der Waals surface area contributed by atoms with Crippen molar-refractivity contribution in [2.45, 2.75) is 0 Å². The first kappa shape index (κ1) is 15.1. The zero-order chi connectivity index (χ0) is 16.4. The Hall–Kier alpha value is -2.46. The van der Waals surface area contributed by atoms with Gasteiger partial charge in [0.25, 0.3) is 0 Å². The summed E-state index contributed by atoms with van der Waals surface area (Å²) >= 11 is 3.37. The SMILES string of the molecule is BrCCOc1ccc2c(c1)[nH]c1cc(Oc3ccccc3)ccc12. The molecular formula is C20H16BrNO2. The maximum atomic E-state index is 5.91. The van der Waals surface area contributed by atoms with E-state index in [0.29, 0.717) is 6.61 Å². The molecule has 0 spiro atoms. The van der Waals surface area contributed by atoms with Gasteiger partial charge < -0.3 is 14.5 Å². The molecule has 0 atom stereocenters. The Labute approximate surface area is 148 Å². The van der Waals surface area contributed by atoms with E-state index in [1.54, 1.807) is 0 Å². The van der Waals surface area contributed by atoms with Gasteiger partial charge in [0, 0.05) is 28.2 Å². The quantitative estimate of drug-likeness (QED) is 0.437. The molecule has 0 aliphatic carbocycles. The highest BCUT2D eigenvalue weighted by atomic mass is 79.9. The number of hydrogen-bond donors (Lipinski definition) is 1. The van der Waals surface area contributed by atoms with Gasteiger partial charge in [0.2, 0.25) is 0 Å². The fourth-order valence-electron chi connectivity index (χ4n) is 2.80. The monoisotopic (exact) mass is 381 g/mol. The Kier molecular flexibility index (Phi) is 4.13. The Morgan fingerprint density at radius 1 is 0.750 bits per heavy atom. The molecule has 4 heteroatoms. The lowest BCUT2D eigenvalue weighted by atomic mass is 10.1. The van der Waals surface area contributed by atoms with Gasteiger partial charge in [-0.25, -0.2) is 0 Å². The molecular weight excluding hydrogens is 366 g/mol. The number of aromatic amines is 1. The van der Waals surface area contributed by atoms with E-state index in [9.17, 15) is 0 Å². The fraction of sp³-hybridized carbons (Fsp3) is 0.100. The summed E-state index contributed by atoms with van der Waals surface area (Å²) < 4.78 is 11.6. The topological polar surface area (TPSA) is 34.2 Å². The second-order valence-electron chi connectivity index (χ2n) is 5.49. The van der Waals surface area contributed by atoms with Crippen LogP contribution in [0.15, 0.2) is 66.7 Å². The first-order chi connectivity index (χ1) is 11.8. The van der Waals surface area contributed by atoms with Crippen molar-refractivity contribution in [1.29, 1.82) is 0 Å². The van der Waals surface area contributed by atoms with Crippen molar-refractivity contribution in [2.75, 3.05) is 11.9 Å². The van der Waals surface area contributed by atoms with E-state index in [4.69, 9.17) is 9.47 Å². The van der Waals surface area contributed by atoms with Crippen molar-refractivity contribution in [1.82, 2.24) is 4.98 Å². The third-order valence-electron chi connectivity index (χ3n) is 3.87. The highest BCUT2D eigenvalue weighted by molar-refractivity contribution is 9.09. The lowest BCUT2D eigenvalue weighted by Gasteiger charge is -2.05. The average Bonchev–Trinajstić information content (AvgIpc) is 2.97. The van der Waals surface area contributed by atoms with Crippen LogP contribution in [0.25, 0.3) is 21.8 Å². The summed E-state index contributed by atoms with van der Waals surface area (Å²) in [6.45, 7) is 0.654. The van der Waals surface area contributed by atoms with Crippen LogP contribution in [0.2, 0.25) is 0 Å². The summed E-state index contributed by atoms with van der Waals surface area (Å²) in [6.07, 6.45) is 0. The molecule has 0 aliphatic heterocycles. The molecule has 0 saturated heterocycles. The number of rotatable bonds is 5. The van der Waals surface area contributed by atoms with Gasteiger partial charge in [-0.05, 0) is 36.4 Å². The Bertz CT molecular complexity index is 979. The Morgan fingerprint density at radius 2 is 1.42 bits per heavy atom. The van der Waals surface area contributed by atoms with Crippen molar-refractivity contribution in [3.05, 3.63) is 66.7 Å². The zero-order valence-corrected chi connectivity index (χ0v) is 14.5. The highest BCUT2D eigenvalue weighted by Gasteiger charge is 2.07. The molecule has 0 fully saturated rings. The van der Waals surface area contributed by atoms with E-state index >= 15 is 0 Å². The standard InChI is InChI=1S/C20H16BrNO2/c21-10-11-23-15-6-8-17-18-9-7-16(13-20(18)22-19(17)12-15)24-14-4-2-1-3-5-14/h1-9,12-13,22H,10-11H2. The van der Waals surface area contributed by atoms with Crippen LogP contribution in [0.4, 0.5) is 0 Å². The number of aromatic nitrogens is 1. The van der Waals surface area contributed by atoms with Gasteiger partial charge in [-0.3, -0.25) is 0 Å². The maximum absolute atomic E-state index is 5.91. The first-order valence-electron chi connectivity index (χ1n) is 7.81. The fourth-order valence-corrected chi connectivity index (χ4v) is 2.96. The van der Waals surface area contributed by atoms with Gasteiger partial charge in [-0.1, -0.05) is 34.1 Å². The van der Waals surface area contributed by atoms with Crippen LogP contribution in [0, 0.1) is 0 Å². The number of ether oxygens (including phenoxy) is 2. The normalized spacial score (nSPS) is 11.0. The van der Waals surface area contributed by atoms with E-state index in [1.807, 2.05) is 54.6 Å². The summed E-state index contributed by atoms with van der Waals surface area (Å²) in [5, 5.41) is 3.18. The molecule has 3 aromatic carbocycles. The number of benzene rings is 3. The van der Waals surface area contributed by atoms with Gasteiger partial charge in [0.05, 0.1) is 17.6 Å². The molecule has 1 heterocycles. The molecule has 3 nitrogen and oxygen atoms in total. The van der Waals surface area contributed by atoms with Gasteiger partial charge in [-0.2, -0.15) is 0 Å². The van der Waals surface area contributed by atoms with Crippen molar-refractivity contribution in [2.24, 2.45) is 0 Å². The second-order valence-corrected chi connectivity index (χ2v) is 6.29. The maximum Gasteiger partial charge on any atom is 0.129 e. The summed E-state index contributed by atoms with van der Waals surface area (Å²) in [5.74, 6) is 2.52. The predicted octanol–water partition coefficient (Wildman–Crippen LogP) is 5.89. The van der Waals surface area contributed by atoms with Crippen molar-refractivity contribution < 1.29 is 9.47 Å². The van der Waals surface area contributed by atoms with E-state index in [1.165, 1.54) is 10.8 Å². The van der Waals surface area contributed by atoms with Gasteiger partial charge in [-0.15, -0.1) is 0 Å². The molecule has 1 N–H and O–H groups in total. The molecule has 0 radical (unpaired) electrons. The number of halogens is 1. The molecule has 0 aliphatic rings. The van der Waals surface area contributed by atoms with E-state index < -0.39 is 0 Å². The zero-order valence-electron chi connectivity index (χ0n) is 13.0. The average molecular weight is 382 g/mol. The second kappa shape index (κ2) is 6.57. The van der Waals surface area contributed by atoms with Gasteiger partial charge in [0.1, 0.15) is 17.2 Å². The minimum atomic E-state index is 0.654. The Morgan fingerprint density at radius 3 is 2.12 bits per heavy atom. The molecule has 0 amide bonds. The van der Waals surface area contributed by atoms with Crippen LogP contribution in [0.1, 0.15) is 0 Å². The van der Waals surface area contributed by atoms with E-state index in [0.717, 1.165) is 33.6 Å². The molecule has 0 saturated carbocycles. The largest absolute Gasteiger partial charge is 0.493 e. The van der Waals surface area contributed by atoms with Crippen LogP contribution >= 0.6 is 15.9 Å². The molecule has 4 rings (SSSR count). The van der Waals surface area contributed by atoms with Crippen molar-refractivity contribution in [3.8, 4) is 17.2 Å². The van der Waals surface area contributed by atoms with Crippen LogP contribution in [0.3, 0.4) is 0 Å². The number of para-hydroxylation sites is 1. The van der Waals surface area contributed by atoms with Crippen LogP contribution in [-0.2, 0) is 0 Å². The summed E-state index contributed by atoms with van der Waals surface area (Å²) in [7, 11) is 0.